The Kier molecular flexibility index (Phi) is 3.86. The second-order valence-corrected chi connectivity index (χ2v) is 2.85. The molecule has 0 aromatic carbocycles. The molecule has 1 atom stereocenters. The van der Waals surface area contributed by atoms with E-state index in [0.29, 0.717) is 0 Å². The maximum atomic E-state index is 12.1. The van der Waals surface area contributed by atoms with Crippen molar-refractivity contribution >= 4 is 0 Å². The quantitative estimate of drug-likeness (QED) is 0.632. The molecular weight excluding hydrogens is 157 g/mol. The van der Waals surface area contributed by atoms with Crippen molar-refractivity contribution in [3.63, 3.8) is 0 Å². The summed E-state index contributed by atoms with van der Waals surface area (Å²) in [4.78, 5) is 0. The number of rotatable bonds is 3. The second kappa shape index (κ2) is 3.95. The summed E-state index contributed by atoms with van der Waals surface area (Å²) in [7, 11) is 1.28. The first-order chi connectivity index (χ1) is 4.89. The van der Waals surface area contributed by atoms with Crippen LogP contribution in [0.25, 0.3) is 0 Å². The predicted octanol–water partition coefficient (Wildman–Crippen LogP) is 2.47. The highest BCUT2D eigenvalue weighted by atomic mass is 19.4. The van der Waals surface area contributed by atoms with E-state index >= 15 is 0 Å². The van der Waals surface area contributed by atoms with Crippen LogP contribution >= 0.6 is 0 Å². The minimum Gasteiger partial charge on any atom is -0.384 e. The Morgan fingerprint density at radius 2 is 1.73 bits per heavy atom. The van der Waals surface area contributed by atoms with Crippen LogP contribution in [0.3, 0.4) is 0 Å². The summed E-state index contributed by atoms with van der Waals surface area (Å²) in [6.45, 7) is 2.83. The molecule has 0 saturated heterocycles. The number of methoxy groups -OCH3 is 1. The van der Waals surface area contributed by atoms with E-state index in [9.17, 15) is 13.2 Å². The summed E-state index contributed by atoms with van der Waals surface area (Å²) >= 11 is 0. The largest absolute Gasteiger partial charge is 0.394 e. The monoisotopic (exact) mass is 170 g/mol. The van der Waals surface area contributed by atoms with Gasteiger partial charge in [-0.25, -0.2) is 0 Å². The molecule has 0 aliphatic rings. The van der Waals surface area contributed by atoms with Crippen LogP contribution in [0, 0.1) is 11.8 Å². The number of hydrogen-bond acceptors (Lipinski definition) is 1. The van der Waals surface area contributed by atoms with Crippen LogP contribution < -0.4 is 0 Å². The molecule has 0 rings (SSSR count). The number of halogens is 3. The van der Waals surface area contributed by atoms with E-state index in [2.05, 4.69) is 4.74 Å². The summed E-state index contributed by atoms with van der Waals surface area (Å²) < 4.78 is 40.7. The minimum absolute atomic E-state index is 0.249. The van der Waals surface area contributed by atoms with Crippen molar-refractivity contribution in [2.75, 3.05) is 13.7 Å². The number of ether oxygens (including phenoxy) is 1. The Morgan fingerprint density at radius 3 is 1.82 bits per heavy atom. The van der Waals surface area contributed by atoms with Gasteiger partial charge < -0.3 is 4.74 Å². The summed E-state index contributed by atoms with van der Waals surface area (Å²) in [5, 5.41) is 0. The van der Waals surface area contributed by atoms with Gasteiger partial charge in [0, 0.05) is 7.11 Å². The lowest BCUT2D eigenvalue weighted by atomic mass is 9.96. The molecule has 0 aliphatic heterocycles. The van der Waals surface area contributed by atoms with Gasteiger partial charge in [0.2, 0.25) is 0 Å². The zero-order chi connectivity index (χ0) is 9.07. The van der Waals surface area contributed by atoms with Gasteiger partial charge in [-0.3, -0.25) is 0 Å². The third-order valence-electron chi connectivity index (χ3n) is 1.57. The Morgan fingerprint density at radius 1 is 1.27 bits per heavy atom. The minimum atomic E-state index is -4.13. The van der Waals surface area contributed by atoms with E-state index in [0.717, 1.165) is 0 Å². The summed E-state index contributed by atoms with van der Waals surface area (Å²) in [5.74, 6) is -1.76. The fourth-order valence-electron chi connectivity index (χ4n) is 0.844. The second-order valence-electron chi connectivity index (χ2n) is 2.85. The van der Waals surface area contributed by atoms with Crippen molar-refractivity contribution in [3.05, 3.63) is 0 Å². The van der Waals surface area contributed by atoms with Gasteiger partial charge in [-0.15, -0.1) is 0 Å². The average Bonchev–Trinajstić information content (AvgIpc) is 1.79. The SMILES string of the molecule is COC[C@@H](C(C)C)C(F)(F)F. The van der Waals surface area contributed by atoms with E-state index in [1.54, 1.807) is 0 Å². The molecule has 1 nitrogen and oxygen atoms in total. The molecule has 0 aromatic heterocycles. The van der Waals surface area contributed by atoms with Crippen LogP contribution in [-0.4, -0.2) is 19.9 Å². The standard InChI is InChI=1S/C7H13F3O/c1-5(2)6(4-11-3)7(8,9)10/h5-6H,4H2,1-3H3/t6-/m0/s1. The third-order valence-corrected chi connectivity index (χ3v) is 1.57. The molecule has 0 bridgehead atoms. The van der Waals surface area contributed by atoms with Crippen LogP contribution in [0.4, 0.5) is 13.2 Å². The lowest BCUT2D eigenvalue weighted by Gasteiger charge is -2.22. The molecule has 11 heavy (non-hydrogen) atoms. The highest BCUT2D eigenvalue weighted by molar-refractivity contribution is 4.69. The fourth-order valence-corrected chi connectivity index (χ4v) is 0.844. The van der Waals surface area contributed by atoms with Crippen LogP contribution in [0.5, 0.6) is 0 Å². The highest BCUT2D eigenvalue weighted by Gasteiger charge is 2.41. The summed E-state index contributed by atoms with van der Waals surface area (Å²) in [5.41, 5.74) is 0. The first-order valence-electron chi connectivity index (χ1n) is 3.45. The van der Waals surface area contributed by atoms with Crippen LogP contribution in [-0.2, 0) is 4.74 Å². The lowest BCUT2D eigenvalue weighted by molar-refractivity contribution is -0.197. The molecule has 4 heteroatoms. The number of hydrogen-bond donors (Lipinski definition) is 0. The Balaban J connectivity index is 4.10. The first kappa shape index (κ1) is 10.8. The highest BCUT2D eigenvalue weighted by Crippen LogP contribution is 2.31. The predicted molar refractivity (Wildman–Crippen MR) is 36.3 cm³/mol. The Bertz CT molecular complexity index is 109. The Labute approximate surface area is 64.5 Å². The van der Waals surface area contributed by atoms with Gasteiger partial charge in [0.15, 0.2) is 0 Å². The molecule has 68 valence electrons. The zero-order valence-electron chi connectivity index (χ0n) is 6.90. The maximum absolute atomic E-state index is 12.1. The molecule has 0 heterocycles. The molecular formula is C7H13F3O. The molecule has 0 aliphatic carbocycles. The van der Waals surface area contributed by atoms with E-state index in [1.165, 1.54) is 21.0 Å². The van der Waals surface area contributed by atoms with E-state index in [1.807, 2.05) is 0 Å². The smallest absolute Gasteiger partial charge is 0.384 e. The van der Waals surface area contributed by atoms with Crippen LogP contribution in [0.1, 0.15) is 13.8 Å². The van der Waals surface area contributed by atoms with Crippen LogP contribution in [0.15, 0.2) is 0 Å². The molecule has 0 saturated carbocycles. The first-order valence-corrected chi connectivity index (χ1v) is 3.45. The Hall–Kier alpha value is -0.250. The lowest BCUT2D eigenvalue weighted by Crippen LogP contribution is -2.31. The molecule has 0 unspecified atom stereocenters. The van der Waals surface area contributed by atoms with Gasteiger partial charge in [0.25, 0.3) is 0 Å². The molecule has 0 amide bonds. The summed E-state index contributed by atoms with van der Waals surface area (Å²) in [6, 6.07) is 0. The zero-order valence-corrected chi connectivity index (χ0v) is 6.90. The van der Waals surface area contributed by atoms with Crippen LogP contribution in [0.2, 0.25) is 0 Å². The average molecular weight is 170 g/mol. The maximum Gasteiger partial charge on any atom is 0.394 e. The van der Waals surface area contributed by atoms with E-state index in [4.69, 9.17) is 0 Å². The fraction of sp³-hybridized carbons (Fsp3) is 1.00. The number of alkyl halides is 3. The van der Waals surface area contributed by atoms with Crippen molar-refractivity contribution in [3.8, 4) is 0 Å². The molecule has 0 radical (unpaired) electrons. The third kappa shape index (κ3) is 3.60. The summed E-state index contributed by atoms with van der Waals surface area (Å²) in [6.07, 6.45) is -4.13. The normalized spacial score (nSPS) is 15.5. The van der Waals surface area contributed by atoms with E-state index < -0.39 is 18.0 Å². The van der Waals surface area contributed by atoms with Gasteiger partial charge >= 0.3 is 6.18 Å². The van der Waals surface area contributed by atoms with Gasteiger partial charge in [-0.1, -0.05) is 13.8 Å². The van der Waals surface area contributed by atoms with Crippen molar-refractivity contribution < 1.29 is 17.9 Å². The van der Waals surface area contributed by atoms with Crippen molar-refractivity contribution in [2.24, 2.45) is 11.8 Å². The van der Waals surface area contributed by atoms with Crippen molar-refractivity contribution in [1.82, 2.24) is 0 Å². The molecule has 0 aromatic rings. The van der Waals surface area contributed by atoms with E-state index in [-0.39, 0.29) is 6.61 Å². The van der Waals surface area contributed by atoms with Gasteiger partial charge in [-0.05, 0) is 5.92 Å². The topological polar surface area (TPSA) is 9.23 Å². The van der Waals surface area contributed by atoms with Crippen molar-refractivity contribution in [2.45, 2.75) is 20.0 Å². The molecule has 0 N–H and O–H groups in total. The van der Waals surface area contributed by atoms with Gasteiger partial charge in [0.1, 0.15) is 0 Å². The van der Waals surface area contributed by atoms with Gasteiger partial charge in [0.05, 0.1) is 12.5 Å². The molecule has 0 fully saturated rings. The van der Waals surface area contributed by atoms with Gasteiger partial charge in [-0.2, -0.15) is 13.2 Å². The molecule has 0 spiro atoms. The van der Waals surface area contributed by atoms with Crippen molar-refractivity contribution in [1.29, 1.82) is 0 Å².